The number of anilines is 2. The van der Waals surface area contributed by atoms with Crippen LogP contribution in [0.3, 0.4) is 0 Å². The van der Waals surface area contributed by atoms with Gasteiger partial charge < -0.3 is 5.32 Å². The highest BCUT2D eigenvalue weighted by Crippen LogP contribution is 2.20. The highest BCUT2D eigenvalue weighted by Gasteiger charge is 2.16. The van der Waals surface area contributed by atoms with Crippen molar-refractivity contribution in [1.82, 2.24) is 4.98 Å². The molecule has 0 saturated carbocycles. The molecule has 3 aromatic rings. The van der Waals surface area contributed by atoms with Gasteiger partial charge in [-0.05, 0) is 35.9 Å². The summed E-state index contributed by atoms with van der Waals surface area (Å²) in [5.74, 6) is -0.581. The number of nitrogens with zero attached hydrogens (tertiary/aromatic N) is 2. The van der Waals surface area contributed by atoms with Gasteiger partial charge in [0.25, 0.3) is 15.9 Å². The van der Waals surface area contributed by atoms with E-state index < -0.39 is 15.9 Å². The normalized spacial score (nSPS) is 11.5. The molecule has 9 heteroatoms. The molecule has 0 bridgehead atoms. The Balaban J connectivity index is 1.72. The van der Waals surface area contributed by atoms with Crippen molar-refractivity contribution in [1.29, 1.82) is 5.26 Å². The van der Waals surface area contributed by atoms with E-state index in [2.05, 4.69) is 15.0 Å². The first-order valence-corrected chi connectivity index (χ1v) is 10.3. The monoisotopic (exact) mass is 410 g/mol. The molecular formula is C19H14N4O3S2. The first kappa shape index (κ1) is 19.3. The largest absolute Gasteiger partial charge is 0.321 e. The molecule has 7 nitrogen and oxygen atoms in total. The average molecular weight is 410 g/mol. The van der Waals surface area contributed by atoms with E-state index in [1.807, 2.05) is 12.1 Å². The van der Waals surface area contributed by atoms with Gasteiger partial charge in [-0.2, -0.15) is 5.26 Å². The zero-order valence-corrected chi connectivity index (χ0v) is 16.0. The number of amides is 1. The topological polar surface area (TPSA) is 112 Å². The Morgan fingerprint density at radius 2 is 1.82 bits per heavy atom. The van der Waals surface area contributed by atoms with E-state index in [9.17, 15) is 18.5 Å². The van der Waals surface area contributed by atoms with E-state index in [1.54, 1.807) is 29.6 Å². The third-order valence-corrected chi connectivity index (χ3v) is 5.72. The summed E-state index contributed by atoms with van der Waals surface area (Å²) in [6.07, 6.45) is 2.98. The Bertz CT molecular complexity index is 1130. The molecule has 0 aliphatic heterocycles. The maximum absolute atomic E-state index is 12.3. The lowest BCUT2D eigenvalue weighted by molar-refractivity contribution is -0.112. The third-order valence-electron chi connectivity index (χ3n) is 3.55. The van der Waals surface area contributed by atoms with Gasteiger partial charge in [0.15, 0.2) is 5.13 Å². The standard InChI is InChI=1S/C19H14N4O3S2/c20-13-15(12-14-4-2-1-3-5-14)18(24)22-16-6-8-17(9-7-16)28(25,26)23-19-21-10-11-27-19/h1-12H,(H,21,23)(H,22,24)/b15-12+. The maximum Gasteiger partial charge on any atom is 0.266 e. The minimum absolute atomic E-state index is 0.0287. The van der Waals surface area contributed by atoms with Gasteiger partial charge in [0, 0.05) is 17.3 Å². The molecule has 0 atom stereocenters. The molecule has 28 heavy (non-hydrogen) atoms. The van der Waals surface area contributed by atoms with Crippen LogP contribution in [0.15, 0.2) is 76.6 Å². The summed E-state index contributed by atoms with van der Waals surface area (Å²) in [7, 11) is -3.77. The smallest absolute Gasteiger partial charge is 0.266 e. The van der Waals surface area contributed by atoms with E-state index in [-0.39, 0.29) is 15.6 Å². The number of thiazole rings is 1. The van der Waals surface area contributed by atoms with E-state index >= 15 is 0 Å². The fourth-order valence-electron chi connectivity index (χ4n) is 2.23. The van der Waals surface area contributed by atoms with Crippen LogP contribution in [0.4, 0.5) is 10.8 Å². The van der Waals surface area contributed by atoms with Crippen molar-refractivity contribution in [2.24, 2.45) is 0 Å². The molecule has 0 saturated heterocycles. The van der Waals surface area contributed by atoms with Crippen molar-refractivity contribution in [3.05, 3.63) is 77.3 Å². The van der Waals surface area contributed by atoms with Crippen molar-refractivity contribution in [2.45, 2.75) is 4.90 Å². The fraction of sp³-hybridized carbons (Fsp3) is 0. The second-order valence-electron chi connectivity index (χ2n) is 5.50. The summed E-state index contributed by atoms with van der Waals surface area (Å²) in [5, 5.41) is 13.7. The number of carbonyl (C=O) groups is 1. The summed E-state index contributed by atoms with van der Waals surface area (Å²) in [6.45, 7) is 0. The van der Waals surface area contributed by atoms with E-state index in [4.69, 9.17) is 0 Å². The Kier molecular flexibility index (Phi) is 5.84. The van der Waals surface area contributed by atoms with Gasteiger partial charge >= 0.3 is 0 Å². The van der Waals surface area contributed by atoms with Crippen LogP contribution in [0.5, 0.6) is 0 Å². The van der Waals surface area contributed by atoms with E-state index in [0.29, 0.717) is 5.69 Å². The van der Waals surface area contributed by atoms with Crippen LogP contribution in [0.25, 0.3) is 6.08 Å². The number of nitrogens with one attached hydrogen (secondary N) is 2. The van der Waals surface area contributed by atoms with Gasteiger partial charge in [-0.1, -0.05) is 30.3 Å². The highest BCUT2D eigenvalue weighted by atomic mass is 32.2. The number of aromatic nitrogens is 1. The molecule has 3 rings (SSSR count). The zero-order chi connectivity index (χ0) is 20.0. The minimum atomic E-state index is -3.77. The predicted molar refractivity (Wildman–Crippen MR) is 108 cm³/mol. The van der Waals surface area contributed by atoms with Crippen molar-refractivity contribution >= 4 is 44.2 Å². The molecule has 2 N–H and O–H groups in total. The molecular weight excluding hydrogens is 396 g/mol. The summed E-state index contributed by atoms with van der Waals surface area (Å²) >= 11 is 1.17. The lowest BCUT2D eigenvalue weighted by Crippen LogP contribution is -2.15. The summed E-state index contributed by atoms with van der Waals surface area (Å²) < 4.78 is 27.0. The lowest BCUT2D eigenvalue weighted by Gasteiger charge is -2.07. The van der Waals surface area contributed by atoms with Gasteiger partial charge in [-0.25, -0.2) is 13.4 Å². The summed E-state index contributed by atoms with van der Waals surface area (Å²) in [5.41, 5.74) is 1.03. The zero-order valence-electron chi connectivity index (χ0n) is 14.4. The number of benzene rings is 2. The van der Waals surface area contributed by atoms with Gasteiger partial charge in [0.2, 0.25) is 0 Å². The third kappa shape index (κ3) is 4.82. The number of carbonyl (C=O) groups excluding carboxylic acids is 1. The number of nitriles is 1. The number of rotatable bonds is 6. The van der Waals surface area contributed by atoms with Crippen LogP contribution in [0, 0.1) is 11.3 Å². The van der Waals surface area contributed by atoms with Crippen molar-refractivity contribution in [3.63, 3.8) is 0 Å². The molecule has 1 aromatic heterocycles. The predicted octanol–water partition coefficient (Wildman–Crippen LogP) is 3.49. The van der Waals surface area contributed by atoms with Crippen molar-refractivity contribution in [3.8, 4) is 6.07 Å². The van der Waals surface area contributed by atoms with Crippen LogP contribution in [0.1, 0.15) is 5.56 Å². The lowest BCUT2D eigenvalue weighted by atomic mass is 10.1. The van der Waals surface area contributed by atoms with Gasteiger partial charge in [0.1, 0.15) is 11.6 Å². The molecule has 0 aliphatic rings. The molecule has 1 amide bonds. The van der Waals surface area contributed by atoms with Crippen LogP contribution in [-0.2, 0) is 14.8 Å². The number of sulfonamides is 1. The Labute approximate surface area is 166 Å². The van der Waals surface area contributed by atoms with Crippen molar-refractivity contribution in [2.75, 3.05) is 10.0 Å². The van der Waals surface area contributed by atoms with Crippen LogP contribution in [-0.4, -0.2) is 19.3 Å². The van der Waals surface area contributed by atoms with Gasteiger partial charge in [0.05, 0.1) is 4.90 Å². The Morgan fingerprint density at radius 3 is 2.43 bits per heavy atom. The average Bonchev–Trinajstić information content (AvgIpc) is 3.19. The summed E-state index contributed by atoms with van der Waals surface area (Å²) in [4.78, 5) is 16.2. The number of hydrogen-bond donors (Lipinski definition) is 2. The van der Waals surface area contributed by atoms with Crippen molar-refractivity contribution < 1.29 is 13.2 Å². The number of hydrogen-bond acceptors (Lipinski definition) is 6. The molecule has 0 spiro atoms. The quantitative estimate of drug-likeness (QED) is 0.477. The Morgan fingerprint density at radius 1 is 1.11 bits per heavy atom. The van der Waals surface area contributed by atoms with E-state index in [0.717, 1.165) is 5.56 Å². The molecule has 1 heterocycles. The first-order chi connectivity index (χ1) is 13.5. The molecule has 0 radical (unpaired) electrons. The van der Waals surface area contributed by atoms with Crippen LogP contribution in [0.2, 0.25) is 0 Å². The molecule has 0 unspecified atom stereocenters. The minimum Gasteiger partial charge on any atom is -0.321 e. The molecule has 140 valence electrons. The van der Waals surface area contributed by atoms with E-state index in [1.165, 1.54) is 47.9 Å². The SMILES string of the molecule is N#C/C(=C\c1ccccc1)C(=O)Nc1ccc(S(=O)(=O)Nc2nccs2)cc1. The molecule has 0 aliphatic carbocycles. The second kappa shape index (κ2) is 8.47. The van der Waals surface area contributed by atoms with Gasteiger partial charge in [-0.15, -0.1) is 11.3 Å². The summed E-state index contributed by atoms with van der Waals surface area (Å²) in [6, 6.07) is 16.5. The second-order valence-corrected chi connectivity index (χ2v) is 8.08. The Hall–Kier alpha value is -3.48. The maximum atomic E-state index is 12.3. The van der Waals surface area contributed by atoms with Crippen LogP contribution < -0.4 is 10.0 Å². The first-order valence-electron chi connectivity index (χ1n) is 7.98. The fourth-order valence-corrected chi connectivity index (χ4v) is 4.02. The highest BCUT2D eigenvalue weighted by molar-refractivity contribution is 7.93. The van der Waals surface area contributed by atoms with Crippen LogP contribution >= 0.6 is 11.3 Å². The van der Waals surface area contributed by atoms with Gasteiger partial charge in [-0.3, -0.25) is 9.52 Å². The molecule has 2 aromatic carbocycles. The molecule has 0 fully saturated rings.